The first kappa shape index (κ1) is 25.8. The summed E-state index contributed by atoms with van der Waals surface area (Å²) in [5.41, 5.74) is 3.24. The SMILES string of the molecule is CCC1(CCCC2(CC)COC2c2ccc(OC)cc2OC)COC1c1ccc(CO)cc1OC. The molecule has 2 heterocycles. The van der Waals surface area contributed by atoms with Crippen molar-refractivity contribution in [2.45, 2.75) is 64.8 Å². The van der Waals surface area contributed by atoms with Crippen LogP contribution in [0.25, 0.3) is 0 Å². The summed E-state index contributed by atoms with van der Waals surface area (Å²) in [5, 5.41) is 9.50. The monoisotopic (exact) mass is 484 g/mol. The number of rotatable bonds is 12. The van der Waals surface area contributed by atoms with Gasteiger partial charge in [0, 0.05) is 28.0 Å². The Morgan fingerprint density at radius 1 is 0.800 bits per heavy atom. The van der Waals surface area contributed by atoms with Crippen molar-refractivity contribution in [1.82, 2.24) is 0 Å². The highest BCUT2D eigenvalue weighted by molar-refractivity contribution is 5.44. The largest absolute Gasteiger partial charge is 0.497 e. The molecule has 0 aromatic heterocycles. The Kier molecular flexibility index (Phi) is 7.94. The van der Waals surface area contributed by atoms with Gasteiger partial charge in [-0.05, 0) is 49.4 Å². The summed E-state index contributed by atoms with van der Waals surface area (Å²) < 4.78 is 29.0. The first-order chi connectivity index (χ1) is 17.0. The molecule has 0 saturated carbocycles. The van der Waals surface area contributed by atoms with Crippen LogP contribution in [0, 0.1) is 10.8 Å². The molecule has 0 bridgehead atoms. The molecular formula is C29H40O6. The lowest BCUT2D eigenvalue weighted by Crippen LogP contribution is -2.47. The molecule has 35 heavy (non-hydrogen) atoms. The van der Waals surface area contributed by atoms with E-state index >= 15 is 0 Å². The van der Waals surface area contributed by atoms with Gasteiger partial charge in [-0.3, -0.25) is 0 Å². The third-order valence-electron chi connectivity index (χ3n) is 8.43. The van der Waals surface area contributed by atoms with Gasteiger partial charge in [0.15, 0.2) is 0 Å². The van der Waals surface area contributed by atoms with Gasteiger partial charge in [0.2, 0.25) is 0 Å². The normalized spacial score (nSPS) is 27.6. The number of aliphatic hydroxyl groups is 1. The molecule has 192 valence electrons. The zero-order valence-corrected chi connectivity index (χ0v) is 21.8. The van der Waals surface area contributed by atoms with Crippen LogP contribution in [0.4, 0.5) is 0 Å². The maximum atomic E-state index is 9.50. The van der Waals surface area contributed by atoms with Gasteiger partial charge in [-0.2, -0.15) is 0 Å². The Hall–Kier alpha value is -2.28. The van der Waals surface area contributed by atoms with Crippen LogP contribution >= 0.6 is 0 Å². The molecule has 2 fully saturated rings. The Bertz CT molecular complexity index is 919. The van der Waals surface area contributed by atoms with E-state index in [2.05, 4.69) is 26.0 Å². The fourth-order valence-corrected chi connectivity index (χ4v) is 5.88. The van der Waals surface area contributed by atoms with Gasteiger partial charge in [-0.1, -0.05) is 32.4 Å². The Labute approximate surface area is 209 Å². The van der Waals surface area contributed by atoms with Crippen LogP contribution in [0.5, 0.6) is 17.2 Å². The molecule has 0 spiro atoms. The molecule has 1 N–H and O–H groups in total. The number of hydrogen-bond acceptors (Lipinski definition) is 6. The third-order valence-corrected chi connectivity index (χ3v) is 8.43. The fraction of sp³-hybridized carbons (Fsp3) is 0.586. The summed E-state index contributed by atoms with van der Waals surface area (Å²) in [5.74, 6) is 2.40. The summed E-state index contributed by atoms with van der Waals surface area (Å²) in [6, 6.07) is 11.9. The molecule has 4 rings (SSSR count). The molecule has 2 aliphatic rings. The Morgan fingerprint density at radius 3 is 1.77 bits per heavy atom. The Balaban J connectivity index is 1.47. The van der Waals surface area contributed by atoms with Gasteiger partial charge in [0.25, 0.3) is 0 Å². The van der Waals surface area contributed by atoms with E-state index in [4.69, 9.17) is 23.7 Å². The van der Waals surface area contributed by atoms with Crippen LogP contribution in [0.15, 0.2) is 36.4 Å². The van der Waals surface area contributed by atoms with E-state index in [1.54, 1.807) is 21.3 Å². The summed E-state index contributed by atoms with van der Waals surface area (Å²) in [6.07, 6.45) is 5.45. The first-order valence-corrected chi connectivity index (χ1v) is 12.7. The zero-order chi connectivity index (χ0) is 25.1. The van der Waals surface area contributed by atoms with Crippen molar-refractivity contribution < 1.29 is 28.8 Å². The van der Waals surface area contributed by atoms with Crippen molar-refractivity contribution in [3.63, 3.8) is 0 Å². The predicted molar refractivity (Wildman–Crippen MR) is 135 cm³/mol. The molecule has 2 aromatic carbocycles. The summed E-state index contributed by atoms with van der Waals surface area (Å²) in [7, 11) is 5.05. The second kappa shape index (κ2) is 10.8. The summed E-state index contributed by atoms with van der Waals surface area (Å²) in [6.45, 7) is 6.08. The lowest BCUT2D eigenvalue weighted by molar-refractivity contribution is -0.211. The van der Waals surface area contributed by atoms with Gasteiger partial charge in [0.05, 0.1) is 53.4 Å². The summed E-state index contributed by atoms with van der Waals surface area (Å²) in [4.78, 5) is 0. The summed E-state index contributed by atoms with van der Waals surface area (Å²) >= 11 is 0. The van der Waals surface area contributed by atoms with Crippen molar-refractivity contribution in [3.05, 3.63) is 53.1 Å². The van der Waals surface area contributed by atoms with E-state index in [0.717, 1.165) is 79.3 Å². The molecular weight excluding hydrogens is 444 g/mol. The number of benzene rings is 2. The van der Waals surface area contributed by atoms with Gasteiger partial charge >= 0.3 is 0 Å². The average molecular weight is 485 g/mol. The van der Waals surface area contributed by atoms with E-state index in [-0.39, 0.29) is 29.6 Å². The molecule has 0 aliphatic carbocycles. The number of aliphatic hydroxyl groups excluding tert-OH is 1. The van der Waals surface area contributed by atoms with E-state index in [1.807, 2.05) is 24.3 Å². The van der Waals surface area contributed by atoms with Crippen molar-refractivity contribution in [1.29, 1.82) is 0 Å². The third kappa shape index (κ3) is 4.64. The minimum absolute atomic E-state index is 0.00238. The highest BCUT2D eigenvalue weighted by Crippen LogP contribution is 2.57. The van der Waals surface area contributed by atoms with Crippen molar-refractivity contribution >= 4 is 0 Å². The van der Waals surface area contributed by atoms with Gasteiger partial charge in [-0.15, -0.1) is 0 Å². The topological polar surface area (TPSA) is 66.4 Å². The lowest BCUT2D eigenvalue weighted by atomic mass is 9.65. The second-order valence-electron chi connectivity index (χ2n) is 10.0. The maximum Gasteiger partial charge on any atom is 0.128 e. The van der Waals surface area contributed by atoms with Crippen LogP contribution in [-0.2, 0) is 16.1 Å². The zero-order valence-electron chi connectivity index (χ0n) is 21.8. The maximum absolute atomic E-state index is 9.50. The molecule has 2 aromatic rings. The van der Waals surface area contributed by atoms with Gasteiger partial charge in [0.1, 0.15) is 17.2 Å². The van der Waals surface area contributed by atoms with Gasteiger partial charge in [-0.25, -0.2) is 0 Å². The number of hydrogen-bond donors (Lipinski definition) is 1. The Morgan fingerprint density at radius 2 is 1.34 bits per heavy atom. The number of ether oxygens (including phenoxy) is 5. The van der Waals surface area contributed by atoms with Crippen LogP contribution in [0.3, 0.4) is 0 Å². The molecule has 4 unspecified atom stereocenters. The van der Waals surface area contributed by atoms with Crippen LogP contribution < -0.4 is 14.2 Å². The molecule has 0 amide bonds. The highest BCUT2D eigenvalue weighted by Gasteiger charge is 2.51. The van der Waals surface area contributed by atoms with E-state index < -0.39 is 0 Å². The minimum Gasteiger partial charge on any atom is -0.497 e. The minimum atomic E-state index is 0.00238. The van der Waals surface area contributed by atoms with Crippen molar-refractivity contribution in [2.24, 2.45) is 10.8 Å². The van der Waals surface area contributed by atoms with Crippen molar-refractivity contribution in [3.8, 4) is 17.2 Å². The standard InChI is InChI=1S/C29H40O6/c1-6-28(18-34-26(28)22-11-9-20(17-30)15-24(22)32-4)13-8-14-29(7-2)19-35-27(29)23-12-10-21(31-3)16-25(23)33-5/h9-12,15-16,26-27,30H,6-8,13-14,17-19H2,1-5H3. The first-order valence-electron chi connectivity index (χ1n) is 12.7. The quantitative estimate of drug-likeness (QED) is 0.398. The second-order valence-corrected chi connectivity index (χ2v) is 10.0. The molecule has 0 radical (unpaired) electrons. The van der Waals surface area contributed by atoms with E-state index in [9.17, 15) is 5.11 Å². The van der Waals surface area contributed by atoms with E-state index in [0.29, 0.717) is 0 Å². The fourth-order valence-electron chi connectivity index (χ4n) is 5.88. The number of methoxy groups -OCH3 is 3. The molecule has 2 saturated heterocycles. The van der Waals surface area contributed by atoms with Crippen LogP contribution in [0.2, 0.25) is 0 Å². The predicted octanol–water partition coefficient (Wildman–Crippen LogP) is 6.01. The molecule has 6 heteroatoms. The molecule has 6 nitrogen and oxygen atoms in total. The van der Waals surface area contributed by atoms with Crippen LogP contribution in [0.1, 0.15) is 74.8 Å². The van der Waals surface area contributed by atoms with Crippen molar-refractivity contribution in [2.75, 3.05) is 34.5 Å². The molecule has 2 aliphatic heterocycles. The highest BCUT2D eigenvalue weighted by atomic mass is 16.5. The average Bonchev–Trinajstić information content (AvgIpc) is 2.88. The molecule has 4 atom stereocenters. The lowest BCUT2D eigenvalue weighted by Gasteiger charge is -2.52. The smallest absolute Gasteiger partial charge is 0.128 e. The van der Waals surface area contributed by atoms with Crippen LogP contribution in [-0.4, -0.2) is 39.6 Å². The van der Waals surface area contributed by atoms with E-state index in [1.165, 1.54) is 0 Å². The van der Waals surface area contributed by atoms with Gasteiger partial charge < -0.3 is 28.8 Å².